The fourth-order valence-corrected chi connectivity index (χ4v) is 7.23. The van der Waals surface area contributed by atoms with Gasteiger partial charge in [0.2, 0.25) is 0 Å². The molecule has 2 aromatic carbocycles. The molecular formula is C25H27NO4S. The van der Waals surface area contributed by atoms with Gasteiger partial charge in [-0.3, -0.25) is 4.79 Å². The van der Waals surface area contributed by atoms with Crippen LogP contribution in [0.1, 0.15) is 34.8 Å². The molecule has 2 aromatic rings. The third kappa shape index (κ3) is 2.99. The minimum absolute atomic E-state index is 0.00190. The molecule has 2 bridgehead atoms. The van der Waals surface area contributed by atoms with E-state index < -0.39 is 5.41 Å². The van der Waals surface area contributed by atoms with Crippen molar-refractivity contribution in [3.8, 4) is 11.5 Å². The van der Waals surface area contributed by atoms with Gasteiger partial charge < -0.3 is 19.8 Å². The maximum absolute atomic E-state index is 12.9. The summed E-state index contributed by atoms with van der Waals surface area (Å²) in [6, 6.07) is 12.1. The molecule has 0 spiro atoms. The van der Waals surface area contributed by atoms with E-state index in [1.165, 1.54) is 5.56 Å². The molecule has 2 aliphatic carbocycles. The number of likely N-dealkylation sites (tertiary alicyclic amines) is 1. The van der Waals surface area contributed by atoms with Crippen molar-refractivity contribution in [2.24, 2.45) is 5.92 Å². The molecule has 1 heterocycles. The summed E-state index contributed by atoms with van der Waals surface area (Å²) in [5.74, 6) is 0.157. The molecule has 0 saturated carbocycles. The first-order valence-electron chi connectivity index (χ1n) is 10.6. The van der Waals surface area contributed by atoms with Gasteiger partial charge in [-0.25, -0.2) is 0 Å². The number of carbonyl (C=O) groups excluding carboxylic acids is 1. The fourth-order valence-electron chi connectivity index (χ4n) is 5.80. The summed E-state index contributed by atoms with van der Waals surface area (Å²) >= 11 is 1.78. The van der Waals surface area contributed by atoms with Gasteiger partial charge in [-0.05, 0) is 56.8 Å². The van der Waals surface area contributed by atoms with Gasteiger partial charge in [0.05, 0.1) is 12.4 Å². The van der Waals surface area contributed by atoms with Crippen LogP contribution >= 0.6 is 11.8 Å². The highest BCUT2D eigenvalue weighted by Crippen LogP contribution is 2.63. The molecule has 0 radical (unpaired) electrons. The van der Waals surface area contributed by atoms with Gasteiger partial charge in [0, 0.05) is 34.3 Å². The van der Waals surface area contributed by atoms with Gasteiger partial charge in [-0.15, -0.1) is 11.8 Å². The van der Waals surface area contributed by atoms with Gasteiger partial charge in [-0.2, -0.15) is 0 Å². The molecule has 3 aliphatic rings. The number of ketones is 1. The van der Waals surface area contributed by atoms with Crippen LogP contribution in [-0.2, 0) is 14.9 Å². The Bertz CT molecular complexity index is 1080. The van der Waals surface area contributed by atoms with Crippen LogP contribution in [-0.4, -0.2) is 47.6 Å². The molecule has 31 heavy (non-hydrogen) atoms. The maximum Gasteiger partial charge on any atom is 0.197 e. The van der Waals surface area contributed by atoms with Gasteiger partial charge >= 0.3 is 0 Å². The number of allylic oxidation sites excluding steroid dienone is 1. The molecule has 0 aromatic heterocycles. The number of likely N-dealkylation sites (N-methyl/N-ethyl adjacent to an activating group) is 1. The van der Waals surface area contributed by atoms with Crippen LogP contribution in [0.4, 0.5) is 0 Å². The lowest BCUT2D eigenvalue weighted by molar-refractivity contribution is -0.122. The highest BCUT2D eigenvalue weighted by Gasteiger charge is 2.59. The number of aryl methyl sites for hydroxylation is 1. The largest absolute Gasteiger partial charge is 0.504 e. The summed E-state index contributed by atoms with van der Waals surface area (Å²) in [6.45, 7) is 2.90. The highest BCUT2D eigenvalue weighted by molar-refractivity contribution is 7.99. The Morgan fingerprint density at radius 1 is 1.16 bits per heavy atom. The average Bonchev–Trinajstić information content (AvgIpc) is 2.75. The normalized spacial score (nSPS) is 29.7. The zero-order valence-electron chi connectivity index (χ0n) is 18.0. The fraction of sp³-hybridized carbons (Fsp3) is 0.400. The molecule has 1 fully saturated rings. The number of thioether (sulfide) groups is 1. The number of nitrogens with zero attached hydrogens (tertiary/aromatic N) is 1. The van der Waals surface area contributed by atoms with E-state index in [1.807, 2.05) is 12.1 Å². The van der Waals surface area contributed by atoms with Crippen molar-refractivity contribution in [3.05, 3.63) is 64.9 Å². The second kappa shape index (κ2) is 7.31. The number of aromatic hydroxyl groups is 2. The first-order valence-corrected chi connectivity index (χ1v) is 11.5. The van der Waals surface area contributed by atoms with Crippen molar-refractivity contribution < 1.29 is 19.7 Å². The summed E-state index contributed by atoms with van der Waals surface area (Å²) in [5.41, 5.74) is 2.43. The van der Waals surface area contributed by atoms with Crippen molar-refractivity contribution in [3.63, 3.8) is 0 Å². The van der Waals surface area contributed by atoms with Crippen molar-refractivity contribution in [2.45, 2.75) is 41.4 Å². The molecule has 5 nitrogen and oxygen atoms in total. The van der Waals surface area contributed by atoms with E-state index >= 15 is 0 Å². The average molecular weight is 438 g/mol. The Hall–Kier alpha value is -2.44. The lowest BCUT2D eigenvalue weighted by Gasteiger charge is -2.58. The second-order valence-corrected chi connectivity index (χ2v) is 10.2. The van der Waals surface area contributed by atoms with Gasteiger partial charge in [0.15, 0.2) is 23.0 Å². The Kier molecular flexibility index (Phi) is 4.83. The lowest BCUT2D eigenvalue weighted by Crippen LogP contribution is -2.61. The van der Waals surface area contributed by atoms with Crippen LogP contribution in [0, 0.1) is 12.8 Å². The van der Waals surface area contributed by atoms with E-state index in [0.717, 1.165) is 29.0 Å². The second-order valence-electron chi connectivity index (χ2n) is 8.99. The molecule has 4 unspecified atom stereocenters. The highest BCUT2D eigenvalue weighted by atomic mass is 32.2. The Balaban J connectivity index is 1.74. The number of benzene rings is 2. The van der Waals surface area contributed by atoms with Gasteiger partial charge in [-0.1, -0.05) is 23.8 Å². The van der Waals surface area contributed by atoms with Crippen LogP contribution in [0.2, 0.25) is 0 Å². The van der Waals surface area contributed by atoms with E-state index in [0.29, 0.717) is 5.76 Å². The minimum atomic E-state index is -0.529. The number of hydrogen-bond donors (Lipinski definition) is 2. The number of fused-ring (bicyclic) bond motifs is 1. The summed E-state index contributed by atoms with van der Waals surface area (Å²) in [4.78, 5) is 16.4. The molecule has 6 heteroatoms. The third-order valence-electron chi connectivity index (χ3n) is 7.31. The van der Waals surface area contributed by atoms with Crippen molar-refractivity contribution in [1.29, 1.82) is 0 Å². The Morgan fingerprint density at radius 2 is 1.90 bits per heavy atom. The number of piperidine rings is 1. The van der Waals surface area contributed by atoms with Crippen LogP contribution in [0.3, 0.4) is 0 Å². The standard InChI is InChI=1S/C25H27NO4S/c1-14-4-6-15(7-5-14)31-24-16-8-9-18(27)23(29)21(16)25-10-11-26(2)22(24)17(25)12-20(30-3)19(28)13-25/h4-9,12,17,22,24,27,29H,10-11,13H2,1-3H3. The molecule has 4 atom stereocenters. The van der Waals surface area contributed by atoms with Gasteiger partial charge in [0.25, 0.3) is 0 Å². The van der Waals surface area contributed by atoms with Crippen molar-refractivity contribution in [2.75, 3.05) is 20.7 Å². The number of rotatable bonds is 3. The third-order valence-corrected chi connectivity index (χ3v) is 8.65. The number of methoxy groups -OCH3 is 1. The number of ether oxygens (including phenoxy) is 1. The minimum Gasteiger partial charge on any atom is -0.504 e. The quantitative estimate of drug-likeness (QED) is 0.697. The van der Waals surface area contributed by atoms with Crippen LogP contribution in [0.25, 0.3) is 0 Å². The predicted octanol–water partition coefficient (Wildman–Crippen LogP) is 4.31. The number of carbonyl (C=O) groups is 1. The van der Waals surface area contributed by atoms with E-state index in [4.69, 9.17) is 4.74 Å². The molecule has 2 N–H and O–H groups in total. The topological polar surface area (TPSA) is 70.0 Å². The first-order chi connectivity index (χ1) is 14.9. The zero-order valence-corrected chi connectivity index (χ0v) is 18.8. The molecule has 5 rings (SSSR count). The Morgan fingerprint density at radius 3 is 2.61 bits per heavy atom. The summed E-state index contributed by atoms with van der Waals surface area (Å²) in [7, 11) is 3.68. The molecular weight excluding hydrogens is 410 g/mol. The number of phenolic OH excluding ortho intramolecular Hbond substituents is 2. The number of hydrogen-bond acceptors (Lipinski definition) is 6. The predicted molar refractivity (Wildman–Crippen MR) is 120 cm³/mol. The van der Waals surface area contributed by atoms with E-state index in [1.54, 1.807) is 24.9 Å². The molecule has 1 saturated heterocycles. The number of phenols is 2. The molecule has 162 valence electrons. The summed E-state index contributed by atoms with van der Waals surface area (Å²) in [5, 5.41) is 21.5. The SMILES string of the molecule is COC1=CC2C3C(Sc4ccc(C)cc4)c4ccc(O)c(O)c4C2(CCN3C)CC1=O. The molecule has 1 aliphatic heterocycles. The smallest absolute Gasteiger partial charge is 0.197 e. The van der Waals surface area contributed by atoms with E-state index in [2.05, 4.69) is 43.1 Å². The molecule has 0 amide bonds. The van der Waals surface area contributed by atoms with Crippen molar-refractivity contribution >= 4 is 17.5 Å². The maximum atomic E-state index is 12.9. The van der Waals surface area contributed by atoms with Crippen LogP contribution in [0.15, 0.2) is 53.1 Å². The van der Waals surface area contributed by atoms with Gasteiger partial charge in [0.1, 0.15) is 0 Å². The van der Waals surface area contributed by atoms with E-state index in [9.17, 15) is 15.0 Å². The summed E-state index contributed by atoms with van der Waals surface area (Å²) in [6.07, 6.45) is 3.00. The van der Waals surface area contributed by atoms with E-state index in [-0.39, 0.29) is 40.9 Å². The number of Topliss-reactive ketones (excluding diaryl/α,β-unsaturated/α-hetero) is 1. The van der Waals surface area contributed by atoms with Crippen LogP contribution in [0.5, 0.6) is 11.5 Å². The van der Waals surface area contributed by atoms with Crippen molar-refractivity contribution in [1.82, 2.24) is 4.90 Å². The summed E-state index contributed by atoms with van der Waals surface area (Å²) < 4.78 is 5.43. The monoisotopic (exact) mass is 437 g/mol. The van der Waals surface area contributed by atoms with Crippen LogP contribution < -0.4 is 0 Å². The Labute approximate surface area is 186 Å². The lowest BCUT2D eigenvalue weighted by atomic mass is 9.53. The first kappa shape index (κ1) is 20.5. The zero-order chi connectivity index (χ0) is 21.9.